The van der Waals surface area contributed by atoms with E-state index in [0.717, 1.165) is 34.0 Å². The molecule has 0 aliphatic heterocycles. The van der Waals surface area contributed by atoms with Crippen LogP contribution in [-0.2, 0) is 10.8 Å². The summed E-state index contributed by atoms with van der Waals surface area (Å²) in [6, 6.07) is 24.7. The summed E-state index contributed by atoms with van der Waals surface area (Å²) in [6.45, 7) is 17.3. The Hall–Kier alpha value is -3.46. The largest absolute Gasteiger partial charge is 0.457 e. The van der Waals surface area contributed by atoms with Crippen LogP contribution in [0.3, 0.4) is 0 Å². The van der Waals surface area contributed by atoms with Crippen LogP contribution < -0.4 is 4.74 Å². The third-order valence-corrected chi connectivity index (χ3v) is 5.72. The molecular formula is C32H38N2O. The second-order valence-electron chi connectivity index (χ2n) is 10.5. The monoisotopic (exact) mass is 466 g/mol. The topological polar surface area (TPSA) is 35.0 Å². The number of nitrogens with zero attached hydrogens (tertiary/aromatic N) is 2. The molecular weight excluding hydrogens is 428 g/mol. The SMILES string of the molecule is CC.CC(C)(C)c1cc(Oc2cccc(-c3ccccn3)c2)cc(-c2cc(C(C)(C)C)ccn2)c1. The third kappa shape index (κ3) is 6.79. The molecule has 0 aliphatic rings. The minimum Gasteiger partial charge on any atom is -0.457 e. The van der Waals surface area contributed by atoms with Crippen LogP contribution in [0.5, 0.6) is 11.5 Å². The lowest BCUT2D eigenvalue weighted by Crippen LogP contribution is -2.12. The first-order valence-corrected chi connectivity index (χ1v) is 12.4. The fraction of sp³-hybridized carbons (Fsp3) is 0.312. The highest BCUT2D eigenvalue weighted by atomic mass is 16.5. The van der Waals surface area contributed by atoms with E-state index >= 15 is 0 Å². The van der Waals surface area contributed by atoms with Crippen LogP contribution in [0.25, 0.3) is 22.5 Å². The summed E-state index contributed by atoms with van der Waals surface area (Å²) >= 11 is 0. The van der Waals surface area contributed by atoms with Crippen molar-refractivity contribution in [2.45, 2.75) is 66.2 Å². The Kier molecular flexibility index (Phi) is 8.11. The van der Waals surface area contributed by atoms with Gasteiger partial charge in [0.05, 0.1) is 11.4 Å². The van der Waals surface area contributed by atoms with E-state index in [1.54, 1.807) is 6.20 Å². The van der Waals surface area contributed by atoms with E-state index in [4.69, 9.17) is 4.74 Å². The Morgan fingerprint density at radius 3 is 1.89 bits per heavy atom. The van der Waals surface area contributed by atoms with Gasteiger partial charge in [-0.25, -0.2) is 0 Å². The lowest BCUT2D eigenvalue weighted by molar-refractivity contribution is 0.479. The van der Waals surface area contributed by atoms with E-state index in [9.17, 15) is 0 Å². The summed E-state index contributed by atoms with van der Waals surface area (Å²) in [5.41, 5.74) is 6.48. The van der Waals surface area contributed by atoms with Crippen LogP contribution in [0.4, 0.5) is 0 Å². The van der Waals surface area contributed by atoms with E-state index < -0.39 is 0 Å². The molecule has 0 saturated heterocycles. The minimum absolute atomic E-state index is 0.0223. The molecule has 4 rings (SSSR count). The quantitative estimate of drug-likeness (QED) is 0.301. The summed E-state index contributed by atoms with van der Waals surface area (Å²) in [7, 11) is 0. The van der Waals surface area contributed by atoms with Crippen molar-refractivity contribution in [2.24, 2.45) is 0 Å². The van der Waals surface area contributed by atoms with Gasteiger partial charge in [0.2, 0.25) is 0 Å². The molecule has 2 aromatic carbocycles. The van der Waals surface area contributed by atoms with E-state index in [-0.39, 0.29) is 10.8 Å². The Morgan fingerprint density at radius 1 is 0.543 bits per heavy atom. The molecule has 4 aromatic rings. The van der Waals surface area contributed by atoms with Gasteiger partial charge in [-0.2, -0.15) is 0 Å². The lowest BCUT2D eigenvalue weighted by atomic mass is 9.84. The van der Waals surface area contributed by atoms with Crippen molar-refractivity contribution in [2.75, 3.05) is 0 Å². The zero-order valence-electron chi connectivity index (χ0n) is 22.4. The molecule has 182 valence electrons. The lowest BCUT2D eigenvalue weighted by Gasteiger charge is -2.22. The molecule has 0 atom stereocenters. The molecule has 2 heterocycles. The summed E-state index contributed by atoms with van der Waals surface area (Å²) in [6.07, 6.45) is 3.71. The number of benzene rings is 2. The fourth-order valence-corrected chi connectivity index (χ4v) is 3.68. The molecule has 0 radical (unpaired) electrons. The van der Waals surface area contributed by atoms with Gasteiger partial charge in [0.15, 0.2) is 0 Å². The average molecular weight is 467 g/mol. The second kappa shape index (κ2) is 10.9. The Labute approximate surface area is 211 Å². The Balaban J connectivity index is 0.00000167. The smallest absolute Gasteiger partial charge is 0.128 e. The molecule has 0 N–H and O–H groups in total. The van der Waals surface area contributed by atoms with Crippen molar-refractivity contribution in [3.63, 3.8) is 0 Å². The number of hydrogen-bond acceptors (Lipinski definition) is 3. The third-order valence-electron chi connectivity index (χ3n) is 5.72. The predicted molar refractivity (Wildman–Crippen MR) is 148 cm³/mol. The highest BCUT2D eigenvalue weighted by Crippen LogP contribution is 2.35. The first kappa shape index (κ1) is 26.2. The molecule has 3 heteroatoms. The van der Waals surface area contributed by atoms with Crippen molar-refractivity contribution in [1.29, 1.82) is 0 Å². The van der Waals surface area contributed by atoms with E-state index in [2.05, 4.69) is 81.8 Å². The van der Waals surface area contributed by atoms with Gasteiger partial charge in [-0.1, -0.05) is 73.6 Å². The van der Waals surface area contributed by atoms with Crippen molar-refractivity contribution < 1.29 is 4.74 Å². The highest BCUT2D eigenvalue weighted by molar-refractivity contribution is 5.65. The number of aromatic nitrogens is 2. The van der Waals surface area contributed by atoms with Crippen LogP contribution in [0, 0.1) is 0 Å². The van der Waals surface area contributed by atoms with Gasteiger partial charge in [0.25, 0.3) is 0 Å². The zero-order chi connectivity index (χ0) is 25.6. The van der Waals surface area contributed by atoms with Crippen LogP contribution >= 0.6 is 0 Å². The second-order valence-corrected chi connectivity index (χ2v) is 10.5. The summed E-state index contributed by atoms with van der Waals surface area (Å²) in [5.74, 6) is 1.59. The predicted octanol–water partition coefficient (Wildman–Crippen LogP) is 9.22. The molecule has 0 spiro atoms. The summed E-state index contributed by atoms with van der Waals surface area (Å²) in [5, 5.41) is 0. The van der Waals surface area contributed by atoms with Gasteiger partial charge < -0.3 is 4.74 Å². The van der Waals surface area contributed by atoms with Crippen molar-refractivity contribution in [3.8, 4) is 34.0 Å². The normalized spacial score (nSPS) is 11.4. The molecule has 0 saturated carbocycles. The molecule has 3 nitrogen and oxygen atoms in total. The molecule has 35 heavy (non-hydrogen) atoms. The Bertz CT molecular complexity index is 1250. The van der Waals surface area contributed by atoms with Crippen molar-refractivity contribution in [1.82, 2.24) is 9.97 Å². The zero-order valence-corrected chi connectivity index (χ0v) is 22.4. The highest BCUT2D eigenvalue weighted by Gasteiger charge is 2.19. The van der Waals surface area contributed by atoms with Gasteiger partial charge in [-0.3, -0.25) is 9.97 Å². The molecule has 0 amide bonds. The maximum Gasteiger partial charge on any atom is 0.128 e. The summed E-state index contributed by atoms with van der Waals surface area (Å²) in [4.78, 5) is 9.15. The van der Waals surface area contributed by atoms with Crippen LogP contribution in [0.1, 0.15) is 66.5 Å². The average Bonchev–Trinajstić information content (AvgIpc) is 2.85. The van der Waals surface area contributed by atoms with Gasteiger partial charge >= 0.3 is 0 Å². The molecule has 0 aliphatic carbocycles. The van der Waals surface area contributed by atoms with Crippen LogP contribution in [0.2, 0.25) is 0 Å². The maximum atomic E-state index is 6.38. The number of rotatable bonds is 4. The minimum atomic E-state index is -0.0223. The Morgan fingerprint density at radius 2 is 1.23 bits per heavy atom. The van der Waals surface area contributed by atoms with Crippen LogP contribution in [0.15, 0.2) is 85.2 Å². The van der Waals surface area contributed by atoms with Crippen molar-refractivity contribution >= 4 is 0 Å². The van der Waals surface area contributed by atoms with E-state index in [0.29, 0.717) is 0 Å². The number of pyridine rings is 2. The summed E-state index contributed by atoms with van der Waals surface area (Å²) < 4.78 is 6.38. The maximum absolute atomic E-state index is 6.38. The number of hydrogen-bond donors (Lipinski definition) is 0. The molecule has 2 aromatic heterocycles. The number of ether oxygens (including phenoxy) is 1. The van der Waals surface area contributed by atoms with Crippen LogP contribution in [-0.4, -0.2) is 9.97 Å². The standard InChI is InChI=1S/C30H32N2O.C2H6/c1-29(2,3)23-13-15-32-28(20-23)22-16-24(30(4,5)6)19-26(18-22)33-25-11-9-10-21(17-25)27-12-7-8-14-31-27;1-2/h7-20H,1-6H3;1-2H3. The van der Waals surface area contributed by atoms with Gasteiger partial charge in [0.1, 0.15) is 11.5 Å². The van der Waals surface area contributed by atoms with Gasteiger partial charge in [-0.15, -0.1) is 0 Å². The van der Waals surface area contributed by atoms with E-state index in [1.165, 1.54) is 11.1 Å². The first-order chi connectivity index (χ1) is 16.6. The van der Waals surface area contributed by atoms with Crippen molar-refractivity contribution in [3.05, 3.63) is 96.3 Å². The first-order valence-electron chi connectivity index (χ1n) is 12.4. The fourth-order valence-electron chi connectivity index (χ4n) is 3.68. The van der Waals surface area contributed by atoms with Gasteiger partial charge in [0, 0.05) is 23.5 Å². The van der Waals surface area contributed by atoms with Gasteiger partial charge in [-0.05, 0) is 76.6 Å². The molecule has 0 unspecified atom stereocenters. The van der Waals surface area contributed by atoms with E-state index in [1.807, 2.05) is 62.5 Å². The molecule has 0 bridgehead atoms. The molecule has 0 fully saturated rings.